The topological polar surface area (TPSA) is 59.5 Å². The Bertz CT molecular complexity index is 1150. The minimum absolute atomic E-state index is 0.0153. The largest absolute Gasteiger partial charge is 0.444 e. The maximum Gasteiger partial charge on any atom is 0.410 e. The molecule has 1 aliphatic rings. The summed E-state index contributed by atoms with van der Waals surface area (Å²) in [5, 5.41) is 0.519. The van der Waals surface area contributed by atoms with E-state index in [-0.39, 0.29) is 11.9 Å². The Labute approximate surface area is 193 Å². The van der Waals surface area contributed by atoms with Crippen LogP contribution in [0.25, 0.3) is 11.1 Å². The third-order valence-electron chi connectivity index (χ3n) is 5.50. The molecule has 2 aromatic carbocycles. The quantitative estimate of drug-likeness (QED) is 0.471. The van der Waals surface area contributed by atoms with Gasteiger partial charge in [0.1, 0.15) is 5.60 Å². The lowest BCUT2D eigenvalue weighted by Gasteiger charge is -2.29. The van der Waals surface area contributed by atoms with Gasteiger partial charge in [-0.1, -0.05) is 48.5 Å². The normalized spacial score (nSPS) is 13.6. The number of hydrogen-bond acceptors (Lipinski definition) is 5. The zero-order chi connectivity index (χ0) is 22.9. The molecule has 1 amide bonds. The minimum atomic E-state index is -0.529. The van der Waals surface area contributed by atoms with E-state index in [9.17, 15) is 9.59 Å². The van der Waals surface area contributed by atoms with E-state index in [1.807, 2.05) is 51.1 Å². The van der Waals surface area contributed by atoms with Gasteiger partial charge in [0.05, 0.1) is 12.2 Å². The van der Waals surface area contributed by atoms with Gasteiger partial charge >= 0.3 is 6.09 Å². The fourth-order valence-electron chi connectivity index (χ4n) is 3.85. The molecule has 166 valence electrons. The number of ketones is 1. The molecule has 0 aliphatic carbocycles. The van der Waals surface area contributed by atoms with Gasteiger partial charge in [0.2, 0.25) is 0 Å². The first-order valence-corrected chi connectivity index (χ1v) is 11.7. The van der Waals surface area contributed by atoms with E-state index in [1.54, 1.807) is 4.90 Å². The van der Waals surface area contributed by atoms with Gasteiger partial charge in [-0.15, -0.1) is 11.3 Å². The number of carbonyl (C=O) groups is 2. The lowest BCUT2D eigenvalue weighted by Crippen LogP contribution is -2.39. The number of nitrogens with zero attached hydrogens (tertiary/aromatic N) is 2. The van der Waals surface area contributed by atoms with Gasteiger partial charge in [0, 0.05) is 24.3 Å². The van der Waals surface area contributed by atoms with Crippen molar-refractivity contribution < 1.29 is 14.3 Å². The van der Waals surface area contributed by atoms with Gasteiger partial charge in [-0.05, 0) is 49.9 Å². The number of amides is 1. The second kappa shape index (κ2) is 8.87. The molecule has 1 aromatic heterocycles. The Balaban J connectivity index is 1.49. The first kappa shape index (κ1) is 22.2. The number of aromatic nitrogens is 1. The summed E-state index contributed by atoms with van der Waals surface area (Å²) in [5.41, 5.74) is 4.81. The number of carbonyl (C=O) groups excluding carboxylic acids is 2. The third kappa shape index (κ3) is 4.91. The van der Waals surface area contributed by atoms with E-state index in [1.165, 1.54) is 11.3 Å². The summed E-state index contributed by atoms with van der Waals surface area (Å²) < 4.78 is 5.49. The minimum Gasteiger partial charge on any atom is -0.444 e. The van der Waals surface area contributed by atoms with Gasteiger partial charge in [0.15, 0.2) is 10.8 Å². The van der Waals surface area contributed by atoms with Crippen molar-refractivity contribution in [3.63, 3.8) is 0 Å². The molecule has 0 bridgehead atoms. The number of Topliss-reactive ketones (excluding diaryl/α,β-unsaturated/α-hetero) is 1. The second-order valence-corrected chi connectivity index (χ2v) is 10.2. The molecule has 0 fully saturated rings. The van der Waals surface area contributed by atoms with Gasteiger partial charge in [-0.25, -0.2) is 9.78 Å². The van der Waals surface area contributed by atoms with Gasteiger partial charge in [-0.2, -0.15) is 0 Å². The molecule has 4 rings (SSSR count). The summed E-state index contributed by atoms with van der Waals surface area (Å²) in [7, 11) is 0. The highest BCUT2D eigenvalue weighted by molar-refractivity contribution is 7.13. The maximum absolute atomic E-state index is 13.1. The molecule has 0 atom stereocenters. The van der Waals surface area contributed by atoms with E-state index in [2.05, 4.69) is 30.1 Å². The summed E-state index contributed by atoms with van der Waals surface area (Å²) in [6, 6.07) is 16.3. The molecule has 0 unspecified atom stereocenters. The van der Waals surface area contributed by atoms with E-state index < -0.39 is 5.60 Å². The molecule has 6 heteroatoms. The van der Waals surface area contributed by atoms with Crippen LogP contribution in [0.3, 0.4) is 0 Å². The zero-order valence-corrected chi connectivity index (χ0v) is 19.8. The Hall–Kier alpha value is -2.99. The molecular formula is C26H28N2O3S. The summed E-state index contributed by atoms with van der Waals surface area (Å²) in [6.07, 6.45) is 0.632. The molecule has 0 saturated heterocycles. The Morgan fingerprint density at radius 1 is 1.09 bits per heavy atom. The summed E-state index contributed by atoms with van der Waals surface area (Å²) in [4.78, 5) is 32.8. The van der Waals surface area contributed by atoms with Crippen molar-refractivity contribution in [2.24, 2.45) is 0 Å². The van der Waals surface area contributed by atoms with Crippen LogP contribution >= 0.6 is 11.3 Å². The standard InChI is InChI=1S/C26H28N2O3S/c1-17-19(11-8-12-20(17)18-9-6-5-7-10-18)15-22(29)24-27-21-13-14-28(16-23(21)32-24)25(30)31-26(2,3)4/h5-12H,13-16H2,1-4H3. The molecular weight excluding hydrogens is 420 g/mol. The predicted molar refractivity (Wildman–Crippen MR) is 127 cm³/mol. The molecule has 0 spiro atoms. The number of benzene rings is 2. The van der Waals surface area contributed by atoms with Crippen molar-refractivity contribution in [1.82, 2.24) is 9.88 Å². The first-order chi connectivity index (χ1) is 15.2. The Morgan fingerprint density at radius 3 is 2.56 bits per heavy atom. The number of fused-ring (bicyclic) bond motifs is 1. The zero-order valence-electron chi connectivity index (χ0n) is 19.0. The number of hydrogen-bond donors (Lipinski definition) is 0. The lowest BCUT2D eigenvalue weighted by atomic mass is 9.94. The number of thiazole rings is 1. The molecule has 0 radical (unpaired) electrons. The van der Waals surface area contributed by atoms with Crippen molar-refractivity contribution in [3.8, 4) is 11.1 Å². The van der Waals surface area contributed by atoms with Crippen molar-refractivity contribution in [3.05, 3.63) is 75.2 Å². The Kier molecular flexibility index (Phi) is 6.15. The van der Waals surface area contributed by atoms with E-state index in [0.717, 1.165) is 32.8 Å². The maximum atomic E-state index is 13.1. The van der Waals surface area contributed by atoms with Crippen LogP contribution in [0.15, 0.2) is 48.5 Å². The van der Waals surface area contributed by atoms with Crippen molar-refractivity contribution in [2.75, 3.05) is 6.54 Å². The molecule has 2 heterocycles. The molecule has 5 nitrogen and oxygen atoms in total. The fraction of sp³-hybridized carbons (Fsp3) is 0.346. The number of rotatable bonds is 4. The monoisotopic (exact) mass is 448 g/mol. The summed E-state index contributed by atoms with van der Waals surface area (Å²) in [6.45, 7) is 8.64. The van der Waals surface area contributed by atoms with Crippen LogP contribution in [0.2, 0.25) is 0 Å². The third-order valence-corrected chi connectivity index (χ3v) is 6.63. The van der Waals surface area contributed by atoms with Crippen molar-refractivity contribution in [1.29, 1.82) is 0 Å². The molecule has 32 heavy (non-hydrogen) atoms. The average Bonchev–Trinajstić information content (AvgIpc) is 3.18. The smallest absolute Gasteiger partial charge is 0.410 e. The first-order valence-electron chi connectivity index (χ1n) is 10.8. The lowest BCUT2D eigenvalue weighted by molar-refractivity contribution is 0.0225. The van der Waals surface area contributed by atoms with E-state index in [0.29, 0.717) is 30.9 Å². The highest BCUT2D eigenvalue weighted by Crippen LogP contribution is 2.29. The van der Waals surface area contributed by atoms with Crippen LogP contribution in [0.4, 0.5) is 4.79 Å². The van der Waals surface area contributed by atoms with Crippen LogP contribution in [-0.4, -0.2) is 33.9 Å². The molecule has 0 N–H and O–H groups in total. The van der Waals surface area contributed by atoms with Crippen LogP contribution in [0.1, 0.15) is 52.3 Å². The van der Waals surface area contributed by atoms with Crippen molar-refractivity contribution >= 4 is 23.2 Å². The summed E-state index contributed by atoms with van der Waals surface area (Å²) in [5.74, 6) is 0.0153. The van der Waals surface area contributed by atoms with Gasteiger partial charge in [-0.3, -0.25) is 4.79 Å². The molecule has 0 saturated carbocycles. The van der Waals surface area contributed by atoms with Crippen LogP contribution in [0.5, 0.6) is 0 Å². The van der Waals surface area contributed by atoms with Gasteiger partial charge < -0.3 is 9.64 Å². The number of ether oxygens (including phenoxy) is 1. The second-order valence-electron chi connectivity index (χ2n) is 9.10. The predicted octanol–water partition coefficient (Wildman–Crippen LogP) is 5.84. The van der Waals surface area contributed by atoms with Crippen molar-refractivity contribution in [2.45, 2.75) is 52.7 Å². The van der Waals surface area contributed by atoms with Crippen LogP contribution in [0, 0.1) is 6.92 Å². The van der Waals surface area contributed by atoms with E-state index >= 15 is 0 Å². The molecule has 1 aliphatic heterocycles. The summed E-state index contributed by atoms with van der Waals surface area (Å²) >= 11 is 1.40. The SMILES string of the molecule is Cc1c(CC(=O)c2nc3c(s2)CN(C(=O)OC(C)(C)C)CC3)cccc1-c1ccccc1. The van der Waals surface area contributed by atoms with Gasteiger partial charge in [0.25, 0.3) is 0 Å². The van der Waals surface area contributed by atoms with Crippen LogP contribution < -0.4 is 0 Å². The van der Waals surface area contributed by atoms with Crippen LogP contribution in [-0.2, 0) is 24.1 Å². The average molecular weight is 449 g/mol. The fourth-order valence-corrected chi connectivity index (χ4v) is 4.91. The van der Waals surface area contributed by atoms with E-state index in [4.69, 9.17) is 4.74 Å². The highest BCUT2D eigenvalue weighted by Gasteiger charge is 2.29. The molecule has 3 aromatic rings. The Morgan fingerprint density at radius 2 is 1.84 bits per heavy atom. The highest BCUT2D eigenvalue weighted by atomic mass is 32.1.